The van der Waals surface area contributed by atoms with Crippen molar-refractivity contribution in [3.63, 3.8) is 0 Å². The second-order valence-electron chi connectivity index (χ2n) is 3.91. The lowest BCUT2D eigenvalue weighted by Crippen LogP contribution is -1.98. The lowest BCUT2D eigenvalue weighted by atomic mass is 10.2. The molecule has 2 aromatic rings. The lowest BCUT2D eigenvalue weighted by molar-refractivity contribution is 0.303. The molecular formula is C14H7BrCl3NO. The van der Waals surface area contributed by atoms with Crippen LogP contribution in [-0.2, 0) is 6.61 Å². The Kier molecular flexibility index (Phi) is 5.17. The zero-order chi connectivity index (χ0) is 14.7. The van der Waals surface area contributed by atoms with Crippen LogP contribution in [0.2, 0.25) is 15.1 Å². The molecule has 0 aromatic heterocycles. The van der Waals surface area contributed by atoms with Gasteiger partial charge in [-0.15, -0.1) is 0 Å². The number of benzene rings is 2. The molecule has 0 saturated carbocycles. The Balaban J connectivity index is 2.23. The van der Waals surface area contributed by atoms with Crippen LogP contribution in [0.3, 0.4) is 0 Å². The van der Waals surface area contributed by atoms with Crippen LogP contribution in [0, 0.1) is 11.3 Å². The first kappa shape index (κ1) is 15.5. The summed E-state index contributed by atoms with van der Waals surface area (Å²) in [5.74, 6) is 0.447. The van der Waals surface area contributed by atoms with Crippen LogP contribution in [0.1, 0.15) is 11.1 Å². The van der Waals surface area contributed by atoms with Crippen molar-refractivity contribution in [1.82, 2.24) is 0 Å². The van der Waals surface area contributed by atoms with Crippen molar-refractivity contribution in [2.24, 2.45) is 0 Å². The molecule has 0 heterocycles. The molecule has 0 unspecified atom stereocenters. The maximum atomic E-state index is 9.10. The number of hydrogen-bond donors (Lipinski definition) is 0. The average molecular weight is 391 g/mol. The molecule has 0 fully saturated rings. The quantitative estimate of drug-likeness (QED) is 0.656. The standard InChI is InChI=1S/C14H7BrCl3NO/c15-11-5-10(16)4-9(6-19)14(11)20-7-8-1-2-12(17)13(18)3-8/h1-5H,7H2. The Hall–Kier alpha value is -0.920. The van der Waals surface area contributed by atoms with Crippen LogP contribution in [-0.4, -0.2) is 0 Å². The molecular weight excluding hydrogens is 384 g/mol. The normalized spacial score (nSPS) is 10.2. The second-order valence-corrected chi connectivity index (χ2v) is 6.02. The summed E-state index contributed by atoms with van der Waals surface area (Å²) in [6.07, 6.45) is 0. The van der Waals surface area contributed by atoms with E-state index in [1.165, 1.54) is 0 Å². The third kappa shape index (κ3) is 3.59. The molecule has 0 bridgehead atoms. The van der Waals surface area contributed by atoms with Crippen LogP contribution >= 0.6 is 50.7 Å². The van der Waals surface area contributed by atoms with Crippen molar-refractivity contribution in [1.29, 1.82) is 5.26 Å². The number of ether oxygens (including phenoxy) is 1. The van der Waals surface area contributed by atoms with Gasteiger partial charge in [-0.3, -0.25) is 0 Å². The van der Waals surface area contributed by atoms with Gasteiger partial charge in [0.05, 0.1) is 20.1 Å². The van der Waals surface area contributed by atoms with Gasteiger partial charge in [-0.25, -0.2) is 0 Å². The molecule has 0 saturated heterocycles. The Morgan fingerprint density at radius 2 is 1.85 bits per heavy atom. The summed E-state index contributed by atoms with van der Waals surface area (Å²) in [5.41, 5.74) is 1.22. The molecule has 0 spiro atoms. The van der Waals surface area contributed by atoms with Crippen LogP contribution in [0.25, 0.3) is 0 Å². The molecule has 20 heavy (non-hydrogen) atoms. The van der Waals surface area contributed by atoms with Gasteiger partial charge in [0.2, 0.25) is 0 Å². The second kappa shape index (κ2) is 6.69. The topological polar surface area (TPSA) is 33.0 Å². The lowest BCUT2D eigenvalue weighted by Gasteiger charge is -2.11. The molecule has 0 amide bonds. The number of halogens is 4. The maximum Gasteiger partial charge on any atom is 0.151 e. The van der Waals surface area contributed by atoms with E-state index in [1.54, 1.807) is 24.3 Å². The zero-order valence-corrected chi connectivity index (χ0v) is 13.8. The third-order valence-corrected chi connectivity index (χ3v) is 4.04. The fraction of sp³-hybridized carbons (Fsp3) is 0.0714. The summed E-state index contributed by atoms with van der Waals surface area (Å²) in [6.45, 7) is 0.270. The fourth-order valence-corrected chi connectivity index (χ4v) is 2.82. The van der Waals surface area contributed by atoms with Crippen molar-refractivity contribution in [2.75, 3.05) is 0 Å². The first-order valence-electron chi connectivity index (χ1n) is 5.47. The Labute approximate surface area is 140 Å². The van der Waals surface area contributed by atoms with Crippen LogP contribution < -0.4 is 4.74 Å². The smallest absolute Gasteiger partial charge is 0.151 e. The summed E-state index contributed by atoms with van der Waals surface area (Å²) in [5, 5.41) is 10.5. The van der Waals surface area contributed by atoms with E-state index in [0.29, 0.717) is 30.9 Å². The minimum Gasteiger partial charge on any atom is -0.486 e. The summed E-state index contributed by atoms with van der Waals surface area (Å²) in [6, 6.07) is 10.5. The molecule has 0 aliphatic rings. The van der Waals surface area contributed by atoms with Gasteiger partial charge in [0, 0.05) is 5.02 Å². The molecule has 2 aromatic carbocycles. The average Bonchev–Trinajstić information content (AvgIpc) is 2.40. The van der Waals surface area contributed by atoms with E-state index in [2.05, 4.69) is 15.9 Å². The molecule has 102 valence electrons. The van der Waals surface area contributed by atoms with Crippen LogP contribution in [0.4, 0.5) is 0 Å². The van der Waals surface area contributed by atoms with E-state index >= 15 is 0 Å². The van der Waals surface area contributed by atoms with Crippen molar-refractivity contribution >= 4 is 50.7 Å². The molecule has 0 N–H and O–H groups in total. The number of nitriles is 1. The molecule has 6 heteroatoms. The predicted molar refractivity (Wildman–Crippen MR) is 84.7 cm³/mol. The molecule has 2 nitrogen and oxygen atoms in total. The molecule has 0 atom stereocenters. The van der Waals surface area contributed by atoms with E-state index in [1.807, 2.05) is 12.1 Å². The third-order valence-electron chi connectivity index (χ3n) is 2.50. The minimum absolute atomic E-state index is 0.270. The molecule has 0 aliphatic carbocycles. The Bertz CT molecular complexity index is 698. The molecule has 0 aliphatic heterocycles. The van der Waals surface area contributed by atoms with Crippen LogP contribution in [0.15, 0.2) is 34.8 Å². The number of hydrogen-bond acceptors (Lipinski definition) is 2. The predicted octanol–water partition coefficient (Wildman–Crippen LogP) is 5.86. The van der Waals surface area contributed by atoms with E-state index in [-0.39, 0.29) is 6.61 Å². The van der Waals surface area contributed by atoms with Crippen LogP contribution in [0.5, 0.6) is 5.75 Å². The van der Waals surface area contributed by atoms with Crippen molar-refractivity contribution in [3.8, 4) is 11.8 Å². The van der Waals surface area contributed by atoms with Gasteiger partial charge in [-0.2, -0.15) is 5.26 Å². The fourth-order valence-electron chi connectivity index (χ4n) is 1.58. The summed E-state index contributed by atoms with van der Waals surface area (Å²) in [7, 11) is 0. The summed E-state index contributed by atoms with van der Waals surface area (Å²) in [4.78, 5) is 0. The van der Waals surface area contributed by atoms with Crippen molar-refractivity contribution < 1.29 is 4.74 Å². The van der Waals surface area contributed by atoms with E-state index in [4.69, 9.17) is 44.8 Å². The maximum absolute atomic E-state index is 9.10. The highest BCUT2D eigenvalue weighted by Crippen LogP contribution is 2.33. The molecule has 0 radical (unpaired) electrons. The SMILES string of the molecule is N#Cc1cc(Cl)cc(Br)c1OCc1ccc(Cl)c(Cl)c1. The van der Waals surface area contributed by atoms with E-state index in [0.717, 1.165) is 5.56 Å². The van der Waals surface area contributed by atoms with Gasteiger partial charge in [0.1, 0.15) is 12.7 Å². The summed E-state index contributed by atoms with van der Waals surface area (Å²) < 4.78 is 6.29. The monoisotopic (exact) mass is 389 g/mol. The van der Waals surface area contributed by atoms with Gasteiger partial charge < -0.3 is 4.74 Å². The highest BCUT2D eigenvalue weighted by molar-refractivity contribution is 9.10. The van der Waals surface area contributed by atoms with Crippen molar-refractivity contribution in [3.05, 3.63) is 61.0 Å². The highest BCUT2D eigenvalue weighted by Gasteiger charge is 2.11. The van der Waals surface area contributed by atoms with Gasteiger partial charge in [0.25, 0.3) is 0 Å². The van der Waals surface area contributed by atoms with Gasteiger partial charge in [0.15, 0.2) is 5.75 Å². The number of nitrogens with zero attached hydrogens (tertiary/aromatic N) is 1. The molecule has 2 rings (SSSR count). The Morgan fingerprint density at radius 3 is 2.50 bits per heavy atom. The van der Waals surface area contributed by atoms with Gasteiger partial charge in [-0.1, -0.05) is 40.9 Å². The van der Waals surface area contributed by atoms with E-state index in [9.17, 15) is 0 Å². The Morgan fingerprint density at radius 1 is 1.10 bits per heavy atom. The minimum atomic E-state index is 0.270. The van der Waals surface area contributed by atoms with Gasteiger partial charge in [-0.05, 0) is 45.8 Å². The van der Waals surface area contributed by atoms with Gasteiger partial charge >= 0.3 is 0 Å². The first-order valence-corrected chi connectivity index (χ1v) is 7.40. The highest BCUT2D eigenvalue weighted by atomic mass is 79.9. The number of rotatable bonds is 3. The van der Waals surface area contributed by atoms with E-state index < -0.39 is 0 Å². The van der Waals surface area contributed by atoms with Crippen molar-refractivity contribution in [2.45, 2.75) is 6.61 Å². The summed E-state index contributed by atoms with van der Waals surface area (Å²) >= 11 is 21.0. The largest absolute Gasteiger partial charge is 0.486 e. The zero-order valence-electron chi connectivity index (χ0n) is 9.96. The first-order chi connectivity index (χ1) is 9.51.